The van der Waals surface area contributed by atoms with Crippen molar-refractivity contribution in [3.8, 4) is 66.8 Å². The van der Waals surface area contributed by atoms with Crippen molar-refractivity contribution in [3.05, 3.63) is 206 Å². The van der Waals surface area contributed by atoms with Crippen molar-refractivity contribution in [2.75, 3.05) is 0 Å². The second-order valence-corrected chi connectivity index (χ2v) is 12.8. The van der Waals surface area contributed by atoms with Gasteiger partial charge in [-0.05, 0) is 100 Å². The fourth-order valence-electron chi connectivity index (χ4n) is 7.60. The second-order valence-electron chi connectivity index (χ2n) is 12.8. The summed E-state index contributed by atoms with van der Waals surface area (Å²) >= 11 is 0. The Kier molecular flexibility index (Phi) is 7.61. The first kappa shape index (κ1) is 29.6. The minimum atomic E-state index is 1.21. The molecule has 0 aliphatic carbocycles. The minimum Gasteiger partial charge on any atom is -0.0622 e. The van der Waals surface area contributed by atoms with Crippen LogP contribution < -0.4 is 0 Å². The number of hydrogen-bond acceptors (Lipinski definition) is 0. The summed E-state index contributed by atoms with van der Waals surface area (Å²) in [6.45, 7) is 0. The predicted molar refractivity (Wildman–Crippen MR) is 214 cm³/mol. The lowest BCUT2D eigenvalue weighted by Crippen LogP contribution is -1.93. The highest BCUT2D eigenvalue weighted by molar-refractivity contribution is 6.22. The standard InChI is InChI=1S/C50H34/c1-5-17-35(18-6-1)41-25-13-15-27-43(41)39-29-31-45-47(33-39)49(37-21-9-3-10-22-37)46-32-30-40(34-48(46)50(45)38-23-11-4-12-24-38)44-28-16-14-26-42(44)36-19-7-2-8-20-36/h1-34H. The smallest absolute Gasteiger partial charge is 0.00261 e. The number of hydrogen-bond donors (Lipinski definition) is 0. The van der Waals surface area contributed by atoms with Gasteiger partial charge in [-0.15, -0.1) is 0 Å². The predicted octanol–water partition coefficient (Wildman–Crippen LogP) is 14.0. The van der Waals surface area contributed by atoms with Gasteiger partial charge in [-0.3, -0.25) is 0 Å². The molecule has 50 heavy (non-hydrogen) atoms. The van der Waals surface area contributed by atoms with Crippen LogP contribution in [0.5, 0.6) is 0 Å². The second kappa shape index (κ2) is 12.8. The molecule has 0 unspecified atom stereocenters. The molecule has 0 aliphatic rings. The lowest BCUT2D eigenvalue weighted by atomic mass is 9.83. The van der Waals surface area contributed by atoms with E-state index in [9.17, 15) is 0 Å². The van der Waals surface area contributed by atoms with E-state index in [4.69, 9.17) is 0 Å². The molecule has 9 rings (SSSR count). The Morgan fingerprint density at radius 2 is 0.460 bits per heavy atom. The van der Waals surface area contributed by atoms with Crippen molar-refractivity contribution >= 4 is 21.5 Å². The summed E-state index contributed by atoms with van der Waals surface area (Å²) in [5, 5.41) is 5.00. The molecule has 0 saturated carbocycles. The molecule has 9 aromatic rings. The maximum Gasteiger partial charge on any atom is -0.00261 e. The fraction of sp³-hybridized carbons (Fsp3) is 0. The number of rotatable bonds is 6. The Labute approximate surface area is 293 Å². The minimum absolute atomic E-state index is 1.21. The van der Waals surface area contributed by atoms with Crippen molar-refractivity contribution in [2.45, 2.75) is 0 Å². The Balaban J connectivity index is 1.37. The fourth-order valence-corrected chi connectivity index (χ4v) is 7.60. The van der Waals surface area contributed by atoms with Crippen LogP contribution in [0, 0.1) is 0 Å². The van der Waals surface area contributed by atoms with Crippen molar-refractivity contribution in [1.29, 1.82) is 0 Å². The van der Waals surface area contributed by atoms with Crippen LogP contribution in [-0.4, -0.2) is 0 Å². The van der Waals surface area contributed by atoms with Gasteiger partial charge >= 0.3 is 0 Å². The van der Waals surface area contributed by atoms with Crippen LogP contribution in [0.4, 0.5) is 0 Å². The van der Waals surface area contributed by atoms with Crippen molar-refractivity contribution < 1.29 is 0 Å². The van der Waals surface area contributed by atoms with Gasteiger partial charge in [0.1, 0.15) is 0 Å². The van der Waals surface area contributed by atoms with Gasteiger partial charge in [0, 0.05) is 0 Å². The summed E-state index contributed by atoms with van der Waals surface area (Å²) in [6, 6.07) is 74.9. The van der Waals surface area contributed by atoms with Crippen LogP contribution in [0.2, 0.25) is 0 Å². The van der Waals surface area contributed by atoms with Crippen molar-refractivity contribution in [3.63, 3.8) is 0 Å². The molecule has 0 heteroatoms. The maximum atomic E-state index is 2.42. The molecule has 0 saturated heterocycles. The van der Waals surface area contributed by atoms with E-state index in [1.165, 1.54) is 88.3 Å². The van der Waals surface area contributed by atoms with Crippen LogP contribution in [0.25, 0.3) is 88.3 Å². The average molecular weight is 635 g/mol. The van der Waals surface area contributed by atoms with Gasteiger partial charge in [0.05, 0.1) is 0 Å². The van der Waals surface area contributed by atoms with Crippen LogP contribution in [0.15, 0.2) is 206 Å². The third-order valence-electron chi connectivity index (χ3n) is 9.89. The molecule has 0 aliphatic heterocycles. The lowest BCUT2D eigenvalue weighted by Gasteiger charge is -2.20. The van der Waals surface area contributed by atoms with Gasteiger partial charge < -0.3 is 0 Å². The van der Waals surface area contributed by atoms with Crippen LogP contribution in [-0.2, 0) is 0 Å². The molecular weight excluding hydrogens is 601 g/mol. The van der Waals surface area contributed by atoms with Gasteiger partial charge in [-0.2, -0.15) is 0 Å². The Bertz CT molecular complexity index is 2420. The van der Waals surface area contributed by atoms with Crippen molar-refractivity contribution in [2.24, 2.45) is 0 Å². The van der Waals surface area contributed by atoms with E-state index in [2.05, 4.69) is 206 Å². The quantitative estimate of drug-likeness (QED) is 0.160. The lowest BCUT2D eigenvalue weighted by molar-refractivity contribution is 1.58. The summed E-state index contributed by atoms with van der Waals surface area (Å²) in [5.41, 5.74) is 14.7. The van der Waals surface area contributed by atoms with Crippen LogP contribution in [0.1, 0.15) is 0 Å². The highest BCUT2D eigenvalue weighted by atomic mass is 14.2. The highest BCUT2D eigenvalue weighted by Gasteiger charge is 2.19. The summed E-state index contributed by atoms with van der Waals surface area (Å²) in [6.07, 6.45) is 0. The summed E-state index contributed by atoms with van der Waals surface area (Å²) in [7, 11) is 0. The summed E-state index contributed by atoms with van der Waals surface area (Å²) in [5.74, 6) is 0. The first-order valence-electron chi connectivity index (χ1n) is 17.3. The van der Waals surface area contributed by atoms with Gasteiger partial charge in [-0.25, -0.2) is 0 Å². The van der Waals surface area contributed by atoms with Gasteiger partial charge in [0.2, 0.25) is 0 Å². The van der Waals surface area contributed by atoms with E-state index < -0.39 is 0 Å². The molecule has 0 N–H and O–H groups in total. The van der Waals surface area contributed by atoms with E-state index in [-0.39, 0.29) is 0 Å². The zero-order chi connectivity index (χ0) is 33.3. The monoisotopic (exact) mass is 634 g/mol. The summed E-state index contributed by atoms with van der Waals surface area (Å²) in [4.78, 5) is 0. The Hall–Kier alpha value is -6.50. The van der Waals surface area contributed by atoms with Crippen LogP contribution >= 0.6 is 0 Å². The molecule has 0 aromatic heterocycles. The summed E-state index contributed by atoms with van der Waals surface area (Å²) < 4.78 is 0. The molecule has 0 fully saturated rings. The maximum absolute atomic E-state index is 2.42. The number of fused-ring (bicyclic) bond motifs is 2. The highest BCUT2D eigenvalue weighted by Crippen LogP contribution is 2.47. The topological polar surface area (TPSA) is 0 Å². The molecule has 0 atom stereocenters. The molecule has 0 radical (unpaired) electrons. The third-order valence-corrected chi connectivity index (χ3v) is 9.89. The van der Waals surface area contributed by atoms with Gasteiger partial charge in [0.15, 0.2) is 0 Å². The first-order chi connectivity index (χ1) is 24.8. The molecular formula is C50H34. The average Bonchev–Trinajstić information content (AvgIpc) is 3.21. The van der Waals surface area contributed by atoms with Gasteiger partial charge in [-0.1, -0.05) is 194 Å². The van der Waals surface area contributed by atoms with E-state index >= 15 is 0 Å². The molecule has 0 spiro atoms. The number of benzene rings is 9. The largest absolute Gasteiger partial charge is 0.0622 e. The first-order valence-corrected chi connectivity index (χ1v) is 17.3. The molecule has 0 heterocycles. The van der Waals surface area contributed by atoms with Gasteiger partial charge in [0.25, 0.3) is 0 Å². The van der Waals surface area contributed by atoms with E-state index in [1.54, 1.807) is 0 Å². The Morgan fingerprint density at radius 1 is 0.180 bits per heavy atom. The zero-order valence-electron chi connectivity index (χ0n) is 27.6. The van der Waals surface area contributed by atoms with E-state index in [0.717, 1.165) is 0 Å². The molecule has 9 aromatic carbocycles. The van der Waals surface area contributed by atoms with E-state index in [0.29, 0.717) is 0 Å². The molecule has 0 bridgehead atoms. The van der Waals surface area contributed by atoms with E-state index in [1.807, 2.05) is 0 Å². The molecule has 0 amide bonds. The third kappa shape index (κ3) is 5.28. The normalized spacial score (nSPS) is 11.2. The van der Waals surface area contributed by atoms with Crippen LogP contribution in [0.3, 0.4) is 0 Å². The zero-order valence-corrected chi connectivity index (χ0v) is 27.6. The van der Waals surface area contributed by atoms with Crippen molar-refractivity contribution in [1.82, 2.24) is 0 Å². The molecule has 0 nitrogen and oxygen atoms in total. The SMILES string of the molecule is c1ccc(-c2ccccc2-c2ccc3c(-c4ccccc4)c4cc(-c5ccccc5-c5ccccc5)ccc4c(-c4ccccc4)c3c2)cc1. The molecule has 234 valence electrons. The Morgan fingerprint density at radius 3 is 0.800 bits per heavy atom.